The molecule has 0 saturated carbocycles. The molecule has 0 amide bonds. The molecule has 0 atom stereocenters. The minimum absolute atomic E-state index is 0.0756. The average molecular weight is 280 g/mol. The number of nitrogens with two attached hydrogens (primary N) is 1. The molecule has 1 heterocycles. The number of hydrogen-bond donors (Lipinski definition) is 1. The van der Waals surface area contributed by atoms with Gasteiger partial charge in [0.25, 0.3) is 0 Å². The summed E-state index contributed by atoms with van der Waals surface area (Å²) in [6.07, 6.45) is 1.54. The number of nitrogen functional groups attached to an aromatic ring is 1. The van der Waals surface area contributed by atoms with Crippen LogP contribution in [0, 0.1) is 10.1 Å². The predicted molar refractivity (Wildman–Crippen MR) is 71.1 cm³/mol. The maximum absolute atomic E-state index is 10.8. The quantitative estimate of drug-likeness (QED) is 0.686. The van der Waals surface area contributed by atoms with Crippen molar-refractivity contribution in [3.63, 3.8) is 0 Å². The highest BCUT2D eigenvalue weighted by atomic mass is 35.5. The zero-order valence-corrected chi connectivity index (χ0v) is 10.5. The van der Waals surface area contributed by atoms with E-state index in [2.05, 4.69) is 4.98 Å². The number of nitro groups is 1. The smallest absolute Gasteiger partial charge is 0.311 e. The molecule has 1 aromatic heterocycles. The Morgan fingerprint density at radius 1 is 1.37 bits per heavy atom. The Morgan fingerprint density at radius 3 is 2.84 bits per heavy atom. The van der Waals surface area contributed by atoms with Gasteiger partial charge in [0.2, 0.25) is 0 Å². The number of ether oxygens (including phenoxy) is 1. The Labute approximate surface area is 113 Å². The van der Waals surface area contributed by atoms with Crippen molar-refractivity contribution in [3.8, 4) is 5.75 Å². The summed E-state index contributed by atoms with van der Waals surface area (Å²) in [5, 5.41) is 11.2. The molecule has 0 bridgehead atoms. The minimum Gasteiger partial charge on any atom is -0.480 e. The fourth-order valence-electron chi connectivity index (χ4n) is 1.48. The summed E-state index contributed by atoms with van der Waals surface area (Å²) in [5.74, 6) is 0.0988. The van der Waals surface area contributed by atoms with Crippen molar-refractivity contribution < 1.29 is 9.66 Å². The van der Waals surface area contributed by atoms with Crippen molar-refractivity contribution in [2.75, 3.05) is 5.73 Å². The Balaban J connectivity index is 2.19. The second kappa shape index (κ2) is 5.53. The molecule has 0 saturated heterocycles. The molecular weight excluding hydrogens is 270 g/mol. The van der Waals surface area contributed by atoms with E-state index >= 15 is 0 Å². The van der Waals surface area contributed by atoms with Gasteiger partial charge in [0.15, 0.2) is 5.75 Å². The van der Waals surface area contributed by atoms with E-state index in [1.165, 1.54) is 18.2 Å². The van der Waals surface area contributed by atoms with Crippen molar-refractivity contribution >= 4 is 23.0 Å². The van der Waals surface area contributed by atoms with E-state index in [1.807, 2.05) is 0 Å². The molecule has 0 aliphatic carbocycles. The molecule has 2 rings (SSSR count). The Hall–Kier alpha value is -2.34. The molecule has 98 valence electrons. The Bertz CT molecular complexity index is 619. The van der Waals surface area contributed by atoms with Crippen LogP contribution >= 0.6 is 11.6 Å². The molecule has 19 heavy (non-hydrogen) atoms. The van der Waals surface area contributed by atoms with E-state index in [0.29, 0.717) is 16.4 Å². The summed E-state index contributed by atoms with van der Waals surface area (Å²) in [4.78, 5) is 14.4. The first-order valence-electron chi connectivity index (χ1n) is 5.33. The number of nitro benzene ring substituents is 1. The number of hydrogen-bond acceptors (Lipinski definition) is 5. The maximum atomic E-state index is 10.8. The summed E-state index contributed by atoms with van der Waals surface area (Å²) in [6, 6.07) is 7.41. The largest absolute Gasteiger partial charge is 0.480 e. The molecular formula is C12H10ClN3O3. The molecule has 0 unspecified atom stereocenters. The Kier molecular flexibility index (Phi) is 3.82. The molecule has 1 aromatic carbocycles. The number of nitrogens with zero attached hydrogens (tertiary/aromatic N) is 2. The third-order valence-corrected chi connectivity index (χ3v) is 2.57. The van der Waals surface area contributed by atoms with E-state index in [-0.39, 0.29) is 18.0 Å². The van der Waals surface area contributed by atoms with Gasteiger partial charge in [0.1, 0.15) is 6.61 Å². The highest BCUT2D eigenvalue weighted by Gasteiger charge is 2.15. The topological polar surface area (TPSA) is 91.3 Å². The first-order chi connectivity index (χ1) is 9.06. The summed E-state index contributed by atoms with van der Waals surface area (Å²) in [5.41, 5.74) is 6.59. The van der Waals surface area contributed by atoms with Crippen LogP contribution in [0.4, 0.5) is 11.4 Å². The Morgan fingerprint density at radius 2 is 2.16 bits per heavy atom. The fourth-order valence-corrected chi connectivity index (χ4v) is 1.64. The predicted octanol–water partition coefficient (Wildman–Crippen LogP) is 2.80. The monoisotopic (exact) mass is 279 g/mol. The van der Waals surface area contributed by atoms with Crippen LogP contribution < -0.4 is 10.5 Å². The number of rotatable bonds is 4. The summed E-state index contributed by atoms with van der Waals surface area (Å²) in [7, 11) is 0. The van der Waals surface area contributed by atoms with Gasteiger partial charge in [-0.05, 0) is 18.2 Å². The molecule has 0 spiro atoms. The average Bonchev–Trinajstić information content (AvgIpc) is 2.36. The van der Waals surface area contributed by atoms with Crippen LogP contribution in [0.15, 0.2) is 36.5 Å². The van der Waals surface area contributed by atoms with Gasteiger partial charge < -0.3 is 10.5 Å². The maximum Gasteiger partial charge on any atom is 0.311 e. The van der Waals surface area contributed by atoms with Crippen molar-refractivity contribution in [3.05, 3.63) is 57.4 Å². The SMILES string of the molecule is Nc1ccnc(COc2cc(Cl)ccc2[N+](=O)[O-])c1. The van der Waals surface area contributed by atoms with Crippen LogP contribution in [0.1, 0.15) is 5.69 Å². The van der Waals surface area contributed by atoms with Gasteiger partial charge in [0.05, 0.1) is 10.6 Å². The fraction of sp³-hybridized carbons (Fsp3) is 0.0833. The zero-order chi connectivity index (χ0) is 13.8. The van der Waals surface area contributed by atoms with E-state index in [0.717, 1.165) is 0 Å². The molecule has 7 heteroatoms. The van der Waals surface area contributed by atoms with Crippen LogP contribution in [0.2, 0.25) is 5.02 Å². The molecule has 0 radical (unpaired) electrons. The molecule has 2 N–H and O–H groups in total. The van der Waals surface area contributed by atoms with Crippen LogP contribution in [0.3, 0.4) is 0 Å². The van der Waals surface area contributed by atoms with Crippen LogP contribution in [0.25, 0.3) is 0 Å². The van der Waals surface area contributed by atoms with Crippen LogP contribution in [0.5, 0.6) is 5.75 Å². The van der Waals surface area contributed by atoms with Gasteiger partial charge in [0, 0.05) is 29.0 Å². The van der Waals surface area contributed by atoms with Crippen LogP contribution in [-0.4, -0.2) is 9.91 Å². The number of halogens is 1. The highest BCUT2D eigenvalue weighted by Crippen LogP contribution is 2.30. The molecule has 0 aliphatic heterocycles. The standard InChI is InChI=1S/C12H10ClN3O3/c13-8-1-2-11(16(17)18)12(5-8)19-7-10-6-9(14)3-4-15-10/h1-6H,7H2,(H2,14,15). The summed E-state index contributed by atoms with van der Waals surface area (Å²) >= 11 is 5.79. The van der Waals surface area contributed by atoms with Gasteiger partial charge >= 0.3 is 5.69 Å². The van der Waals surface area contributed by atoms with Gasteiger partial charge in [-0.15, -0.1) is 0 Å². The van der Waals surface area contributed by atoms with Gasteiger partial charge in [-0.25, -0.2) is 0 Å². The van der Waals surface area contributed by atoms with Gasteiger partial charge in [-0.2, -0.15) is 0 Å². The van der Waals surface area contributed by atoms with E-state index in [4.69, 9.17) is 22.1 Å². The minimum atomic E-state index is -0.529. The molecule has 2 aromatic rings. The van der Waals surface area contributed by atoms with Crippen molar-refractivity contribution in [2.24, 2.45) is 0 Å². The number of pyridine rings is 1. The number of aromatic nitrogens is 1. The lowest BCUT2D eigenvalue weighted by molar-refractivity contribution is -0.385. The molecule has 0 fully saturated rings. The van der Waals surface area contributed by atoms with E-state index in [9.17, 15) is 10.1 Å². The summed E-state index contributed by atoms with van der Waals surface area (Å²) in [6.45, 7) is 0.0756. The lowest BCUT2D eigenvalue weighted by atomic mass is 10.3. The molecule has 6 nitrogen and oxygen atoms in total. The second-order valence-electron chi connectivity index (χ2n) is 3.74. The summed E-state index contributed by atoms with van der Waals surface area (Å²) < 4.78 is 5.38. The third-order valence-electron chi connectivity index (χ3n) is 2.33. The first-order valence-corrected chi connectivity index (χ1v) is 5.71. The lowest BCUT2D eigenvalue weighted by Crippen LogP contribution is -2.01. The normalized spacial score (nSPS) is 10.2. The molecule has 0 aliphatic rings. The second-order valence-corrected chi connectivity index (χ2v) is 4.17. The first kappa shape index (κ1) is 13.1. The van der Waals surface area contributed by atoms with E-state index < -0.39 is 4.92 Å². The number of benzene rings is 1. The van der Waals surface area contributed by atoms with Crippen LogP contribution in [-0.2, 0) is 6.61 Å². The highest BCUT2D eigenvalue weighted by molar-refractivity contribution is 6.30. The van der Waals surface area contributed by atoms with Crippen molar-refractivity contribution in [1.82, 2.24) is 4.98 Å². The van der Waals surface area contributed by atoms with Gasteiger partial charge in [-0.3, -0.25) is 15.1 Å². The lowest BCUT2D eigenvalue weighted by Gasteiger charge is -2.07. The third kappa shape index (κ3) is 3.32. The zero-order valence-electron chi connectivity index (χ0n) is 9.75. The number of anilines is 1. The van der Waals surface area contributed by atoms with Gasteiger partial charge in [-0.1, -0.05) is 11.6 Å². The van der Waals surface area contributed by atoms with Crippen molar-refractivity contribution in [2.45, 2.75) is 6.61 Å². The van der Waals surface area contributed by atoms with Crippen molar-refractivity contribution in [1.29, 1.82) is 0 Å². The van der Waals surface area contributed by atoms with E-state index in [1.54, 1.807) is 18.3 Å².